The van der Waals surface area contributed by atoms with Gasteiger partial charge in [0.2, 0.25) is 0 Å². The Kier molecular flexibility index (Phi) is 5.00. The summed E-state index contributed by atoms with van der Waals surface area (Å²) in [6, 6.07) is 15.1. The highest BCUT2D eigenvalue weighted by Gasteiger charge is 2.36. The monoisotopic (exact) mass is 422 g/mol. The van der Waals surface area contributed by atoms with E-state index in [1.807, 2.05) is 6.07 Å². The van der Waals surface area contributed by atoms with E-state index in [0.717, 1.165) is 10.4 Å². The van der Waals surface area contributed by atoms with E-state index in [1.165, 1.54) is 24.3 Å². The number of benzene rings is 2. The number of imidazole rings is 1. The molecule has 0 atom stereocenters. The smallest absolute Gasteiger partial charge is 0.321 e. The van der Waals surface area contributed by atoms with Crippen LogP contribution in [0, 0.1) is 11.3 Å². The number of rotatable bonds is 4. The zero-order valence-corrected chi connectivity index (χ0v) is 15.7. The van der Waals surface area contributed by atoms with Crippen molar-refractivity contribution in [1.82, 2.24) is 19.3 Å². The average molecular weight is 422 g/mol. The zero-order chi connectivity index (χ0) is 22.0. The molecule has 4 rings (SSSR count). The summed E-state index contributed by atoms with van der Waals surface area (Å²) in [5.41, 5.74) is 0.0453. The lowest BCUT2D eigenvalue weighted by molar-refractivity contribution is -0.141. The summed E-state index contributed by atoms with van der Waals surface area (Å²) in [7, 11) is 0. The van der Waals surface area contributed by atoms with E-state index in [-0.39, 0.29) is 16.9 Å². The van der Waals surface area contributed by atoms with Crippen LogP contribution < -0.4 is 5.32 Å². The maximum atomic E-state index is 13.2. The van der Waals surface area contributed by atoms with Crippen LogP contribution >= 0.6 is 0 Å². The molecule has 0 spiro atoms. The second-order valence-corrected chi connectivity index (χ2v) is 6.46. The number of halogens is 3. The Balaban J connectivity index is 1.67. The van der Waals surface area contributed by atoms with Gasteiger partial charge in [0.1, 0.15) is 5.69 Å². The van der Waals surface area contributed by atoms with Crippen molar-refractivity contribution in [1.29, 1.82) is 5.26 Å². The second-order valence-electron chi connectivity index (χ2n) is 6.46. The molecule has 0 aliphatic rings. The highest BCUT2D eigenvalue weighted by atomic mass is 19.4. The van der Waals surface area contributed by atoms with Crippen molar-refractivity contribution in [2.75, 3.05) is 5.32 Å². The molecule has 0 saturated carbocycles. The van der Waals surface area contributed by atoms with Gasteiger partial charge in [-0.2, -0.15) is 23.5 Å². The fourth-order valence-corrected chi connectivity index (χ4v) is 2.91. The summed E-state index contributed by atoms with van der Waals surface area (Å²) >= 11 is 0. The third-order valence-electron chi connectivity index (χ3n) is 4.38. The van der Waals surface area contributed by atoms with Gasteiger partial charge in [-0.25, -0.2) is 9.67 Å². The van der Waals surface area contributed by atoms with Crippen molar-refractivity contribution in [2.24, 2.45) is 0 Å². The molecule has 0 unspecified atom stereocenters. The SMILES string of the molecule is N#Cc1cccc(-n2nc(C(F)(F)F)cc2C(=O)Nc2ccc(-n3ccnc3)cc2)c1. The van der Waals surface area contributed by atoms with Gasteiger partial charge in [-0.1, -0.05) is 6.07 Å². The molecule has 0 aliphatic heterocycles. The molecule has 0 saturated heterocycles. The predicted molar refractivity (Wildman–Crippen MR) is 105 cm³/mol. The summed E-state index contributed by atoms with van der Waals surface area (Å²) < 4.78 is 42.4. The summed E-state index contributed by atoms with van der Waals surface area (Å²) in [5.74, 6) is -0.777. The Morgan fingerprint density at radius 1 is 1.06 bits per heavy atom. The van der Waals surface area contributed by atoms with Gasteiger partial charge in [-0.3, -0.25) is 4.79 Å². The molecule has 4 aromatic rings. The summed E-state index contributed by atoms with van der Waals surface area (Å²) in [6.07, 6.45) is 0.246. The number of nitriles is 1. The Morgan fingerprint density at radius 2 is 1.84 bits per heavy atom. The quantitative estimate of drug-likeness (QED) is 0.534. The van der Waals surface area contributed by atoms with Gasteiger partial charge in [0.25, 0.3) is 5.91 Å². The highest BCUT2D eigenvalue weighted by molar-refractivity contribution is 6.03. The van der Waals surface area contributed by atoms with Crippen molar-refractivity contribution >= 4 is 11.6 Å². The van der Waals surface area contributed by atoms with Crippen molar-refractivity contribution in [2.45, 2.75) is 6.18 Å². The number of carbonyl (C=O) groups excluding carboxylic acids is 1. The predicted octanol–water partition coefficient (Wildman–Crippen LogP) is 4.20. The number of hydrogen-bond acceptors (Lipinski definition) is 4. The first-order valence-corrected chi connectivity index (χ1v) is 8.93. The number of anilines is 1. The first kappa shape index (κ1) is 19.9. The Morgan fingerprint density at radius 3 is 2.48 bits per heavy atom. The third-order valence-corrected chi connectivity index (χ3v) is 4.38. The van der Waals surface area contributed by atoms with Crippen LogP contribution in [0.1, 0.15) is 21.7 Å². The number of carbonyl (C=O) groups is 1. The molecule has 154 valence electrons. The number of aromatic nitrogens is 4. The van der Waals surface area contributed by atoms with Crippen LogP contribution in [0.15, 0.2) is 73.3 Å². The molecular weight excluding hydrogens is 409 g/mol. The first-order chi connectivity index (χ1) is 14.8. The molecule has 2 heterocycles. The standard InChI is InChI=1S/C21H13F3N6O/c22-21(23,24)19-11-18(30(28-19)17-3-1-2-14(10-17)12-25)20(31)27-15-4-6-16(7-5-15)29-9-8-26-13-29/h1-11,13H,(H,27,31). The minimum atomic E-state index is -4.74. The van der Waals surface area contributed by atoms with E-state index in [1.54, 1.807) is 47.6 Å². The van der Waals surface area contributed by atoms with E-state index < -0.39 is 17.8 Å². The van der Waals surface area contributed by atoms with Gasteiger partial charge in [0, 0.05) is 29.8 Å². The number of amides is 1. The van der Waals surface area contributed by atoms with Crippen LogP contribution in [-0.4, -0.2) is 25.2 Å². The van der Waals surface area contributed by atoms with Gasteiger partial charge >= 0.3 is 6.18 Å². The third kappa shape index (κ3) is 4.16. The van der Waals surface area contributed by atoms with E-state index >= 15 is 0 Å². The lowest BCUT2D eigenvalue weighted by Crippen LogP contribution is -2.17. The van der Waals surface area contributed by atoms with Crippen LogP contribution in [0.25, 0.3) is 11.4 Å². The molecule has 31 heavy (non-hydrogen) atoms. The molecule has 2 aromatic heterocycles. The van der Waals surface area contributed by atoms with Crippen molar-refractivity contribution in [3.8, 4) is 17.4 Å². The van der Waals surface area contributed by atoms with E-state index in [9.17, 15) is 18.0 Å². The van der Waals surface area contributed by atoms with Crippen molar-refractivity contribution < 1.29 is 18.0 Å². The van der Waals surface area contributed by atoms with Crippen LogP contribution in [-0.2, 0) is 6.18 Å². The Labute approximate surface area is 174 Å². The molecule has 7 nitrogen and oxygen atoms in total. The lowest BCUT2D eigenvalue weighted by Gasteiger charge is -2.09. The normalized spacial score (nSPS) is 11.2. The zero-order valence-electron chi connectivity index (χ0n) is 15.7. The molecular formula is C21H13F3N6O. The van der Waals surface area contributed by atoms with Crippen molar-refractivity contribution in [3.63, 3.8) is 0 Å². The van der Waals surface area contributed by atoms with Gasteiger partial charge in [-0.15, -0.1) is 0 Å². The second kappa shape index (κ2) is 7.79. The highest BCUT2D eigenvalue weighted by Crippen LogP contribution is 2.30. The molecule has 2 aromatic carbocycles. The first-order valence-electron chi connectivity index (χ1n) is 8.93. The fraction of sp³-hybridized carbons (Fsp3) is 0.0476. The summed E-state index contributed by atoms with van der Waals surface area (Å²) in [4.78, 5) is 16.8. The van der Waals surface area contributed by atoms with E-state index in [2.05, 4.69) is 15.4 Å². The van der Waals surface area contributed by atoms with Crippen LogP contribution in [0.3, 0.4) is 0 Å². The lowest BCUT2D eigenvalue weighted by atomic mass is 10.2. The molecule has 0 bridgehead atoms. The topological polar surface area (TPSA) is 88.5 Å². The Hall–Kier alpha value is -4.39. The van der Waals surface area contributed by atoms with Gasteiger partial charge < -0.3 is 9.88 Å². The average Bonchev–Trinajstić information content (AvgIpc) is 3.44. The number of hydrogen-bond donors (Lipinski definition) is 1. The Bertz CT molecular complexity index is 1270. The van der Waals surface area contributed by atoms with Gasteiger partial charge in [0.15, 0.2) is 5.69 Å². The fourth-order valence-electron chi connectivity index (χ4n) is 2.91. The van der Waals surface area contributed by atoms with E-state index in [0.29, 0.717) is 11.8 Å². The molecule has 0 aliphatic carbocycles. The number of nitrogens with one attached hydrogen (secondary N) is 1. The van der Waals surface area contributed by atoms with Crippen LogP contribution in [0.5, 0.6) is 0 Å². The largest absolute Gasteiger partial charge is 0.435 e. The molecule has 1 N–H and O–H groups in total. The molecule has 1 amide bonds. The number of nitrogens with zero attached hydrogens (tertiary/aromatic N) is 5. The van der Waals surface area contributed by atoms with E-state index in [4.69, 9.17) is 5.26 Å². The van der Waals surface area contributed by atoms with Gasteiger partial charge in [-0.05, 0) is 42.5 Å². The molecule has 0 fully saturated rings. The van der Waals surface area contributed by atoms with Gasteiger partial charge in [0.05, 0.1) is 23.6 Å². The minimum absolute atomic E-state index is 0.162. The summed E-state index contributed by atoms with van der Waals surface area (Å²) in [5, 5.41) is 15.2. The van der Waals surface area contributed by atoms with Crippen LogP contribution in [0.4, 0.5) is 18.9 Å². The minimum Gasteiger partial charge on any atom is -0.321 e. The van der Waals surface area contributed by atoms with Crippen molar-refractivity contribution in [3.05, 3.63) is 90.3 Å². The maximum absolute atomic E-state index is 13.2. The maximum Gasteiger partial charge on any atom is 0.435 e. The summed E-state index contributed by atoms with van der Waals surface area (Å²) in [6.45, 7) is 0. The molecule has 0 radical (unpaired) electrons. The van der Waals surface area contributed by atoms with Crippen LogP contribution in [0.2, 0.25) is 0 Å². The number of alkyl halides is 3. The molecule has 10 heteroatoms.